The molecule has 1 aliphatic rings. The van der Waals surface area contributed by atoms with Gasteiger partial charge in [-0.05, 0) is 58.0 Å². The smallest absolute Gasteiger partial charge is 0.311 e. The van der Waals surface area contributed by atoms with Crippen LogP contribution in [0.2, 0.25) is 0 Å². The van der Waals surface area contributed by atoms with Gasteiger partial charge in [0, 0.05) is 18.2 Å². The Bertz CT molecular complexity index is 584. The van der Waals surface area contributed by atoms with E-state index in [9.17, 15) is 14.9 Å². The summed E-state index contributed by atoms with van der Waals surface area (Å²) in [4.78, 5) is 25.2. The van der Waals surface area contributed by atoms with Crippen LogP contribution in [0, 0.1) is 10.1 Å². The summed E-state index contributed by atoms with van der Waals surface area (Å²) < 4.78 is 5.23. The summed E-state index contributed by atoms with van der Waals surface area (Å²) in [6.45, 7) is 5.91. The van der Waals surface area contributed by atoms with Gasteiger partial charge in [0.25, 0.3) is 5.91 Å². The molecule has 0 unspecified atom stereocenters. The third-order valence-electron chi connectivity index (χ3n) is 4.35. The first-order chi connectivity index (χ1) is 12.1. The third-order valence-corrected chi connectivity index (χ3v) is 4.35. The molecule has 7 nitrogen and oxygen atoms in total. The predicted octanol–water partition coefficient (Wildman–Crippen LogP) is 2.99. The molecule has 7 heteroatoms. The van der Waals surface area contributed by atoms with Gasteiger partial charge in [-0.1, -0.05) is 12.8 Å². The van der Waals surface area contributed by atoms with Gasteiger partial charge in [0.1, 0.15) is 0 Å². The van der Waals surface area contributed by atoms with E-state index >= 15 is 0 Å². The molecule has 138 valence electrons. The molecule has 0 spiro atoms. The molecule has 1 aromatic carbocycles. The highest BCUT2D eigenvalue weighted by atomic mass is 16.6. The molecule has 25 heavy (non-hydrogen) atoms. The van der Waals surface area contributed by atoms with Crippen LogP contribution in [-0.2, 0) is 0 Å². The SMILES string of the molecule is CCOc1ccc(C(=O)NCCCN2CCCCCC2)cc1[N+](=O)[O-]. The summed E-state index contributed by atoms with van der Waals surface area (Å²) in [6, 6.07) is 4.31. The molecule has 1 N–H and O–H groups in total. The van der Waals surface area contributed by atoms with Crippen molar-refractivity contribution < 1.29 is 14.5 Å². The second-order valence-electron chi connectivity index (χ2n) is 6.24. The molecule has 2 rings (SSSR count). The number of likely N-dealkylation sites (tertiary alicyclic amines) is 1. The number of nitro groups is 1. The number of nitrogens with one attached hydrogen (secondary N) is 1. The maximum Gasteiger partial charge on any atom is 0.311 e. The Hall–Kier alpha value is -2.15. The summed E-state index contributed by atoms with van der Waals surface area (Å²) in [6.07, 6.45) is 6.00. The first-order valence-corrected chi connectivity index (χ1v) is 9.03. The van der Waals surface area contributed by atoms with Gasteiger partial charge >= 0.3 is 5.69 Å². The van der Waals surface area contributed by atoms with E-state index in [4.69, 9.17) is 4.74 Å². The Kier molecular flexibility index (Phi) is 7.66. The Balaban J connectivity index is 1.83. The summed E-state index contributed by atoms with van der Waals surface area (Å²) in [5, 5.41) is 14.0. The minimum atomic E-state index is -0.527. The van der Waals surface area contributed by atoms with Gasteiger partial charge in [0.05, 0.1) is 11.5 Å². The van der Waals surface area contributed by atoms with Crippen LogP contribution in [0.3, 0.4) is 0 Å². The van der Waals surface area contributed by atoms with Crippen molar-refractivity contribution in [2.45, 2.75) is 39.0 Å². The Morgan fingerprint density at radius 2 is 2.00 bits per heavy atom. The van der Waals surface area contributed by atoms with Gasteiger partial charge in [0.2, 0.25) is 0 Å². The van der Waals surface area contributed by atoms with Gasteiger partial charge in [-0.3, -0.25) is 14.9 Å². The maximum atomic E-state index is 12.2. The second-order valence-corrected chi connectivity index (χ2v) is 6.24. The lowest BCUT2D eigenvalue weighted by Crippen LogP contribution is -2.30. The molecule has 1 fully saturated rings. The van der Waals surface area contributed by atoms with Crippen LogP contribution in [0.25, 0.3) is 0 Å². The molecule has 0 aliphatic carbocycles. The van der Waals surface area contributed by atoms with E-state index in [-0.39, 0.29) is 22.9 Å². The molecule has 0 radical (unpaired) electrons. The van der Waals surface area contributed by atoms with Crippen molar-refractivity contribution in [3.8, 4) is 5.75 Å². The first-order valence-electron chi connectivity index (χ1n) is 9.03. The molecule has 0 saturated carbocycles. The number of benzene rings is 1. The molecule has 1 heterocycles. The molecule has 1 saturated heterocycles. The number of nitrogens with zero attached hydrogens (tertiary/aromatic N) is 2. The molecule has 1 amide bonds. The predicted molar refractivity (Wildman–Crippen MR) is 96.1 cm³/mol. The van der Waals surface area contributed by atoms with Crippen LogP contribution in [0.4, 0.5) is 5.69 Å². The first kappa shape index (κ1) is 19.2. The standard InChI is InChI=1S/C18H27N3O4/c1-2-25-17-9-8-15(14-16(17)21(23)24)18(22)19-10-7-13-20-11-5-3-4-6-12-20/h8-9,14H,2-7,10-13H2,1H3,(H,19,22). The van der Waals surface area contributed by atoms with Gasteiger partial charge in [-0.2, -0.15) is 0 Å². The van der Waals surface area contributed by atoms with Crippen molar-refractivity contribution in [3.05, 3.63) is 33.9 Å². The van der Waals surface area contributed by atoms with Crippen molar-refractivity contribution in [1.82, 2.24) is 10.2 Å². The zero-order valence-electron chi connectivity index (χ0n) is 14.8. The van der Waals surface area contributed by atoms with Gasteiger partial charge in [0.15, 0.2) is 5.75 Å². The van der Waals surface area contributed by atoms with Crippen molar-refractivity contribution >= 4 is 11.6 Å². The molecular formula is C18H27N3O4. The van der Waals surface area contributed by atoms with Crippen molar-refractivity contribution in [2.75, 3.05) is 32.8 Å². The van der Waals surface area contributed by atoms with E-state index in [1.54, 1.807) is 13.0 Å². The fourth-order valence-corrected chi connectivity index (χ4v) is 3.05. The van der Waals surface area contributed by atoms with Crippen LogP contribution in [0.15, 0.2) is 18.2 Å². The topological polar surface area (TPSA) is 84.7 Å². The van der Waals surface area contributed by atoms with E-state index in [2.05, 4.69) is 10.2 Å². The van der Waals surface area contributed by atoms with E-state index in [0.29, 0.717) is 13.2 Å². The summed E-state index contributed by atoms with van der Waals surface area (Å²) in [5.74, 6) is -0.104. The summed E-state index contributed by atoms with van der Waals surface area (Å²) >= 11 is 0. The van der Waals surface area contributed by atoms with Crippen LogP contribution >= 0.6 is 0 Å². The number of rotatable bonds is 8. The van der Waals surface area contributed by atoms with Gasteiger partial charge in [-0.15, -0.1) is 0 Å². The quantitative estimate of drug-likeness (QED) is 0.443. The Labute approximate surface area is 148 Å². The molecule has 1 aromatic rings. The lowest BCUT2D eigenvalue weighted by atomic mass is 10.1. The lowest BCUT2D eigenvalue weighted by Gasteiger charge is -2.19. The summed E-state index contributed by atoms with van der Waals surface area (Å²) in [7, 11) is 0. The normalized spacial score (nSPS) is 15.4. The van der Waals surface area contributed by atoms with Crippen LogP contribution in [-0.4, -0.2) is 48.5 Å². The minimum Gasteiger partial charge on any atom is -0.487 e. The third kappa shape index (κ3) is 6.01. The van der Waals surface area contributed by atoms with Crippen molar-refractivity contribution in [3.63, 3.8) is 0 Å². The highest BCUT2D eigenvalue weighted by molar-refractivity contribution is 5.95. The maximum absolute atomic E-state index is 12.2. The molecule has 0 bridgehead atoms. The largest absolute Gasteiger partial charge is 0.487 e. The molecular weight excluding hydrogens is 322 g/mol. The number of ether oxygens (including phenoxy) is 1. The number of hydrogen-bond acceptors (Lipinski definition) is 5. The number of carbonyl (C=O) groups is 1. The van der Waals surface area contributed by atoms with E-state index in [1.807, 2.05) is 0 Å². The fraction of sp³-hybridized carbons (Fsp3) is 0.611. The Morgan fingerprint density at radius 3 is 2.64 bits per heavy atom. The van der Waals surface area contributed by atoms with Crippen LogP contribution < -0.4 is 10.1 Å². The summed E-state index contributed by atoms with van der Waals surface area (Å²) in [5.41, 5.74) is 0.101. The van der Waals surface area contributed by atoms with Gasteiger partial charge < -0.3 is 15.0 Å². The monoisotopic (exact) mass is 349 g/mol. The van der Waals surface area contributed by atoms with Gasteiger partial charge in [-0.25, -0.2) is 0 Å². The minimum absolute atomic E-state index is 0.181. The number of nitro benzene ring substituents is 1. The van der Waals surface area contributed by atoms with Crippen molar-refractivity contribution in [1.29, 1.82) is 0 Å². The van der Waals surface area contributed by atoms with E-state index in [0.717, 1.165) is 26.1 Å². The van der Waals surface area contributed by atoms with Crippen LogP contribution in [0.5, 0.6) is 5.75 Å². The zero-order chi connectivity index (χ0) is 18.1. The van der Waals surface area contributed by atoms with E-state index < -0.39 is 4.92 Å². The highest BCUT2D eigenvalue weighted by Crippen LogP contribution is 2.27. The lowest BCUT2D eigenvalue weighted by molar-refractivity contribution is -0.385. The average molecular weight is 349 g/mol. The molecule has 1 aliphatic heterocycles. The number of amides is 1. The van der Waals surface area contributed by atoms with Crippen LogP contribution in [0.1, 0.15) is 49.4 Å². The molecule has 0 atom stereocenters. The van der Waals surface area contributed by atoms with E-state index in [1.165, 1.54) is 37.8 Å². The zero-order valence-corrected chi connectivity index (χ0v) is 14.8. The average Bonchev–Trinajstić information content (AvgIpc) is 2.87. The Morgan fingerprint density at radius 1 is 1.28 bits per heavy atom. The number of hydrogen-bond donors (Lipinski definition) is 1. The van der Waals surface area contributed by atoms with Crippen molar-refractivity contribution in [2.24, 2.45) is 0 Å². The molecule has 0 aromatic heterocycles. The highest BCUT2D eigenvalue weighted by Gasteiger charge is 2.18. The second kappa shape index (κ2) is 9.98. The number of carbonyl (C=O) groups excluding carboxylic acids is 1. The fourth-order valence-electron chi connectivity index (χ4n) is 3.05.